The van der Waals surface area contributed by atoms with Crippen LogP contribution in [0.3, 0.4) is 0 Å². The minimum absolute atomic E-state index is 0.00673. The van der Waals surface area contributed by atoms with Gasteiger partial charge in [0.05, 0.1) is 11.1 Å². The Balaban J connectivity index is 2.45. The van der Waals surface area contributed by atoms with E-state index in [2.05, 4.69) is 12.2 Å². The van der Waals surface area contributed by atoms with E-state index in [1.54, 1.807) is 17.4 Å². The zero-order valence-electron chi connectivity index (χ0n) is 9.71. The highest BCUT2D eigenvalue weighted by Crippen LogP contribution is 2.36. The number of hydrogen-bond donors (Lipinski definition) is 1. The zero-order valence-corrected chi connectivity index (χ0v) is 12.8. The average molecular weight is 321 g/mol. The van der Waals surface area contributed by atoms with Crippen molar-refractivity contribution in [3.63, 3.8) is 0 Å². The van der Waals surface area contributed by atoms with E-state index in [1.807, 2.05) is 23.6 Å². The minimum Gasteiger partial charge on any atom is -0.306 e. The maximum atomic E-state index is 6.27. The second-order valence-corrected chi connectivity index (χ2v) is 5.99. The summed E-state index contributed by atoms with van der Waals surface area (Å²) in [6, 6.07) is 7.44. The first-order valence-electron chi connectivity index (χ1n) is 5.54. The number of nitrogens with one attached hydrogen (secondary N) is 1. The van der Waals surface area contributed by atoms with Crippen LogP contribution in [0.5, 0.6) is 0 Å². The van der Waals surface area contributed by atoms with Gasteiger partial charge in [0, 0.05) is 14.9 Å². The van der Waals surface area contributed by atoms with E-state index < -0.39 is 0 Å². The summed E-state index contributed by atoms with van der Waals surface area (Å²) in [4.78, 5) is 1.07. The zero-order chi connectivity index (χ0) is 13.1. The van der Waals surface area contributed by atoms with Gasteiger partial charge in [0.1, 0.15) is 0 Å². The van der Waals surface area contributed by atoms with Gasteiger partial charge in [-0.1, -0.05) is 47.8 Å². The van der Waals surface area contributed by atoms with Crippen LogP contribution in [-0.4, -0.2) is 6.54 Å². The first-order valence-corrected chi connectivity index (χ1v) is 7.56. The van der Waals surface area contributed by atoms with Crippen LogP contribution < -0.4 is 5.32 Å². The van der Waals surface area contributed by atoms with E-state index in [0.29, 0.717) is 10.0 Å². The Labute approximate surface area is 126 Å². The summed E-state index contributed by atoms with van der Waals surface area (Å²) >= 11 is 20.0. The topological polar surface area (TPSA) is 12.0 Å². The number of benzene rings is 1. The normalized spacial score (nSPS) is 12.7. The molecule has 1 N–H and O–H groups in total. The summed E-state index contributed by atoms with van der Waals surface area (Å²) in [7, 11) is 0. The summed E-state index contributed by atoms with van der Waals surface area (Å²) in [5.41, 5.74) is 0.993. The highest BCUT2D eigenvalue weighted by Gasteiger charge is 2.19. The number of rotatable bonds is 4. The maximum absolute atomic E-state index is 6.27. The number of hydrogen-bond acceptors (Lipinski definition) is 2. The SMILES string of the molecule is CCNC(c1ccc(Cl)cc1Cl)c1sccc1Cl. The van der Waals surface area contributed by atoms with Crippen LogP contribution in [0.15, 0.2) is 29.6 Å². The largest absolute Gasteiger partial charge is 0.306 e. The lowest BCUT2D eigenvalue weighted by Crippen LogP contribution is -2.21. The van der Waals surface area contributed by atoms with E-state index in [4.69, 9.17) is 34.8 Å². The molecule has 0 bridgehead atoms. The van der Waals surface area contributed by atoms with Crippen LogP contribution in [0.2, 0.25) is 15.1 Å². The molecule has 1 aromatic heterocycles. The Morgan fingerprint density at radius 3 is 2.50 bits per heavy atom. The first kappa shape index (κ1) is 14.2. The van der Waals surface area contributed by atoms with Gasteiger partial charge in [-0.3, -0.25) is 0 Å². The van der Waals surface area contributed by atoms with Gasteiger partial charge in [-0.05, 0) is 35.7 Å². The van der Waals surface area contributed by atoms with Crippen molar-refractivity contribution in [2.45, 2.75) is 13.0 Å². The van der Waals surface area contributed by atoms with Crippen molar-refractivity contribution in [1.82, 2.24) is 5.32 Å². The summed E-state index contributed by atoms with van der Waals surface area (Å²) in [6.07, 6.45) is 0. The minimum atomic E-state index is 0.00673. The molecule has 96 valence electrons. The molecule has 0 saturated carbocycles. The van der Waals surface area contributed by atoms with Crippen molar-refractivity contribution < 1.29 is 0 Å². The molecule has 0 fully saturated rings. The fraction of sp³-hybridized carbons (Fsp3) is 0.231. The Kier molecular flexibility index (Phi) is 4.93. The molecule has 0 radical (unpaired) electrons. The molecule has 0 saturated heterocycles. The lowest BCUT2D eigenvalue weighted by molar-refractivity contribution is 0.640. The van der Waals surface area contributed by atoms with E-state index in [-0.39, 0.29) is 6.04 Å². The smallest absolute Gasteiger partial charge is 0.0700 e. The van der Waals surface area contributed by atoms with Gasteiger partial charge in [0.15, 0.2) is 0 Å². The number of halogens is 3. The molecule has 1 atom stereocenters. The van der Waals surface area contributed by atoms with Crippen LogP contribution >= 0.6 is 46.1 Å². The van der Waals surface area contributed by atoms with Crippen molar-refractivity contribution in [2.24, 2.45) is 0 Å². The highest BCUT2D eigenvalue weighted by molar-refractivity contribution is 7.10. The average Bonchev–Trinajstić information content (AvgIpc) is 2.73. The molecule has 1 heterocycles. The first-order chi connectivity index (χ1) is 8.63. The third-order valence-corrected chi connectivity index (χ3v) is 4.57. The number of thiophene rings is 1. The molecule has 1 nitrogen and oxygen atoms in total. The van der Waals surface area contributed by atoms with Crippen molar-refractivity contribution in [1.29, 1.82) is 0 Å². The lowest BCUT2D eigenvalue weighted by Gasteiger charge is -2.19. The molecular formula is C13H12Cl3NS. The Morgan fingerprint density at radius 2 is 1.94 bits per heavy atom. The maximum Gasteiger partial charge on any atom is 0.0700 e. The van der Waals surface area contributed by atoms with Crippen LogP contribution in [0.1, 0.15) is 23.4 Å². The second-order valence-electron chi connectivity index (χ2n) is 3.79. The molecule has 1 aromatic carbocycles. The van der Waals surface area contributed by atoms with Gasteiger partial charge in [-0.25, -0.2) is 0 Å². The summed E-state index contributed by atoms with van der Waals surface area (Å²) in [5, 5.41) is 7.43. The third-order valence-electron chi connectivity index (χ3n) is 2.59. The van der Waals surface area contributed by atoms with Crippen molar-refractivity contribution in [3.05, 3.63) is 55.2 Å². The van der Waals surface area contributed by atoms with Crippen LogP contribution in [-0.2, 0) is 0 Å². The van der Waals surface area contributed by atoms with Gasteiger partial charge >= 0.3 is 0 Å². The van der Waals surface area contributed by atoms with E-state index in [1.165, 1.54) is 0 Å². The quantitative estimate of drug-likeness (QED) is 0.794. The van der Waals surface area contributed by atoms with Crippen LogP contribution in [0, 0.1) is 0 Å². The fourth-order valence-corrected chi connectivity index (χ4v) is 3.57. The molecule has 5 heteroatoms. The van der Waals surface area contributed by atoms with Crippen molar-refractivity contribution in [2.75, 3.05) is 6.54 Å². The molecule has 0 aliphatic carbocycles. The van der Waals surface area contributed by atoms with Crippen molar-refractivity contribution in [3.8, 4) is 0 Å². The summed E-state index contributed by atoms with van der Waals surface area (Å²) < 4.78 is 0. The standard InChI is InChI=1S/C13H12Cl3NS/c1-2-17-12(13-10(15)5-6-18-13)9-4-3-8(14)7-11(9)16/h3-7,12,17H,2H2,1H3. The van der Waals surface area contributed by atoms with Crippen molar-refractivity contribution >= 4 is 46.1 Å². The van der Waals surface area contributed by atoms with Gasteiger partial charge < -0.3 is 5.32 Å². The molecule has 18 heavy (non-hydrogen) atoms. The van der Waals surface area contributed by atoms with Gasteiger partial charge in [0.2, 0.25) is 0 Å². The molecule has 0 spiro atoms. The predicted molar refractivity (Wildman–Crippen MR) is 81.3 cm³/mol. The van der Waals surface area contributed by atoms with Crippen LogP contribution in [0.25, 0.3) is 0 Å². The van der Waals surface area contributed by atoms with E-state index >= 15 is 0 Å². The molecule has 0 aliphatic heterocycles. The predicted octanol–water partition coefficient (Wildman–Crippen LogP) is 5.41. The Morgan fingerprint density at radius 1 is 1.17 bits per heavy atom. The summed E-state index contributed by atoms with van der Waals surface area (Å²) in [6.45, 7) is 2.89. The van der Waals surface area contributed by atoms with E-state index in [9.17, 15) is 0 Å². The van der Waals surface area contributed by atoms with Gasteiger partial charge in [0.25, 0.3) is 0 Å². The van der Waals surface area contributed by atoms with E-state index in [0.717, 1.165) is 22.0 Å². The highest BCUT2D eigenvalue weighted by atomic mass is 35.5. The summed E-state index contributed by atoms with van der Waals surface area (Å²) in [5.74, 6) is 0. The molecule has 2 rings (SSSR count). The molecule has 2 aromatic rings. The second kappa shape index (κ2) is 6.27. The van der Waals surface area contributed by atoms with Crippen LogP contribution in [0.4, 0.5) is 0 Å². The molecule has 0 amide bonds. The molecule has 1 unspecified atom stereocenters. The Hall–Kier alpha value is -0.250. The van der Waals surface area contributed by atoms with Gasteiger partial charge in [-0.2, -0.15) is 0 Å². The lowest BCUT2D eigenvalue weighted by atomic mass is 10.1. The van der Waals surface area contributed by atoms with Gasteiger partial charge in [-0.15, -0.1) is 11.3 Å². The molecular weight excluding hydrogens is 309 g/mol. The molecule has 0 aliphatic rings. The fourth-order valence-electron chi connectivity index (χ4n) is 1.80. The monoisotopic (exact) mass is 319 g/mol. The third kappa shape index (κ3) is 3.01. The Bertz CT molecular complexity index is 539.